The normalized spacial score (nSPS) is 14.5. The maximum absolute atomic E-state index is 6.12. The lowest BCUT2D eigenvalue weighted by Gasteiger charge is -2.17. The first-order valence-corrected chi connectivity index (χ1v) is 9.91. The molecule has 0 N–H and O–H groups in total. The molecular weight excluding hydrogens is 350 g/mol. The lowest BCUT2D eigenvalue weighted by molar-refractivity contribution is 0.236. The predicted molar refractivity (Wildman–Crippen MR) is 112 cm³/mol. The van der Waals surface area contributed by atoms with Crippen LogP contribution in [0.2, 0.25) is 0 Å². The van der Waals surface area contributed by atoms with Crippen LogP contribution in [-0.4, -0.2) is 48.2 Å². The van der Waals surface area contributed by atoms with Crippen LogP contribution in [0.3, 0.4) is 0 Å². The van der Waals surface area contributed by atoms with Crippen LogP contribution < -0.4 is 9.47 Å². The first-order valence-electron chi connectivity index (χ1n) is 9.91. The Morgan fingerprint density at radius 2 is 1.79 bits per heavy atom. The third-order valence-electron chi connectivity index (χ3n) is 5.36. The van der Waals surface area contributed by atoms with E-state index in [2.05, 4.69) is 35.9 Å². The maximum atomic E-state index is 6.12. The summed E-state index contributed by atoms with van der Waals surface area (Å²) in [5.41, 5.74) is 4.12. The lowest BCUT2D eigenvalue weighted by atomic mass is 10.0. The van der Waals surface area contributed by atoms with E-state index < -0.39 is 0 Å². The fourth-order valence-corrected chi connectivity index (χ4v) is 3.86. The molecule has 1 saturated heterocycles. The minimum atomic E-state index is 0.718. The van der Waals surface area contributed by atoms with Gasteiger partial charge >= 0.3 is 0 Å². The number of hydrogen-bond donors (Lipinski definition) is 0. The Labute approximate surface area is 166 Å². The van der Waals surface area contributed by atoms with E-state index in [4.69, 9.17) is 14.5 Å². The average Bonchev–Trinajstić information content (AvgIpc) is 3.22. The van der Waals surface area contributed by atoms with Gasteiger partial charge in [0.15, 0.2) is 5.82 Å². The minimum absolute atomic E-state index is 0.718. The molecule has 1 aliphatic rings. The average molecular weight is 377 g/mol. The number of benzene rings is 2. The summed E-state index contributed by atoms with van der Waals surface area (Å²) in [7, 11) is 1.67. The number of aryl methyl sites for hydroxylation is 2. The van der Waals surface area contributed by atoms with Crippen LogP contribution in [0.15, 0.2) is 36.5 Å². The van der Waals surface area contributed by atoms with E-state index in [0.29, 0.717) is 0 Å². The summed E-state index contributed by atoms with van der Waals surface area (Å²) in [4.78, 5) is 11.8. The molecule has 1 aliphatic heterocycles. The smallest absolute Gasteiger partial charge is 0.159 e. The van der Waals surface area contributed by atoms with Crippen molar-refractivity contribution in [3.63, 3.8) is 0 Å². The van der Waals surface area contributed by atoms with E-state index in [0.717, 1.165) is 58.1 Å². The Morgan fingerprint density at radius 3 is 2.50 bits per heavy atom. The number of fused-ring (bicyclic) bond motifs is 1. The number of rotatable bonds is 6. The van der Waals surface area contributed by atoms with Gasteiger partial charge < -0.3 is 9.47 Å². The zero-order valence-corrected chi connectivity index (χ0v) is 16.9. The van der Waals surface area contributed by atoms with Gasteiger partial charge in [0.2, 0.25) is 0 Å². The molecule has 0 aliphatic carbocycles. The van der Waals surface area contributed by atoms with Gasteiger partial charge in [-0.2, -0.15) is 0 Å². The summed E-state index contributed by atoms with van der Waals surface area (Å²) >= 11 is 0. The second kappa shape index (κ2) is 8.15. The maximum Gasteiger partial charge on any atom is 0.159 e. The highest BCUT2D eigenvalue weighted by atomic mass is 16.5. The third-order valence-corrected chi connectivity index (χ3v) is 5.36. The molecule has 0 unspecified atom stereocenters. The Kier molecular flexibility index (Phi) is 5.44. The van der Waals surface area contributed by atoms with Crippen LogP contribution in [0.1, 0.15) is 24.0 Å². The molecule has 1 aromatic heterocycles. The number of hydrogen-bond acceptors (Lipinski definition) is 5. The zero-order valence-electron chi connectivity index (χ0n) is 16.9. The predicted octanol–water partition coefficient (Wildman–Crippen LogP) is 4.40. The number of ether oxygens (including phenoxy) is 2. The topological polar surface area (TPSA) is 47.5 Å². The van der Waals surface area contributed by atoms with Crippen molar-refractivity contribution in [2.45, 2.75) is 26.7 Å². The second-order valence-corrected chi connectivity index (χ2v) is 7.45. The van der Waals surface area contributed by atoms with Crippen molar-refractivity contribution < 1.29 is 9.47 Å². The van der Waals surface area contributed by atoms with Crippen molar-refractivity contribution >= 4 is 10.9 Å². The number of aromatic nitrogens is 2. The standard InChI is InChI=1S/C23H27N3O2/c1-16-12-19(13-17(2)22(16)28-11-10-26-8-4-5-9-26)23-24-15-18-6-7-20(27-3)14-21(18)25-23/h6-7,12-15H,4-5,8-11H2,1-3H3. The Bertz CT molecular complexity index is 958. The van der Waals surface area contributed by atoms with Crippen molar-refractivity contribution in [2.24, 2.45) is 0 Å². The van der Waals surface area contributed by atoms with Gasteiger partial charge in [-0.05, 0) is 75.2 Å². The van der Waals surface area contributed by atoms with Gasteiger partial charge in [-0.15, -0.1) is 0 Å². The third kappa shape index (κ3) is 3.94. The van der Waals surface area contributed by atoms with Crippen molar-refractivity contribution in [3.8, 4) is 22.9 Å². The molecule has 146 valence electrons. The Balaban J connectivity index is 1.55. The van der Waals surface area contributed by atoms with Crippen molar-refractivity contribution in [3.05, 3.63) is 47.7 Å². The molecule has 0 bridgehead atoms. The van der Waals surface area contributed by atoms with Crippen LogP contribution in [0.5, 0.6) is 11.5 Å². The summed E-state index contributed by atoms with van der Waals surface area (Å²) < 4.78 is 11.4. The fraction of sp³-hybridized carbons (Fsp3) is 0.391. The molecule has 5 nitrogen and oxygen atoms in total. The highest BCUT2D eigenvalue weighted by Gasteiger charge is 2.13. The molecule has 2 aromatic carbocycles. The lowest BCUT2D eigenvalue weighted by Crippen LogP contribution is -2.25. The van der Waals surface area contributed by atoms with Gasteiger partial charge in [-0.25, -0.2) is 9.97 Å². The van der Waals surface area contributed by atoms with E-state index >= 15 is 0 Å². The Hall–Kier alpha value is -2.66. The molecule has 1 fully saturated rings. The Morgan fingerprint density at radius 1 is 1.04 bits per heavy atom. The largest absolute Gasteiger partial charge is 0.497 e. The van der Waals surface area contributed by atoms with Crippen LogP contribution in [0, 0.1) is 13.8 Å². The first kappa shape index (κ1) is 18.7. The van der Waals surface area contributed by atoms with Crippen molar-refractivity contribution in [1.29, 1.82) is 0 Å². The summed E-state index contributed by atoms with van der Waals surface area (Å²) in [6.07, 6.45) is 4.48. The monoisotopic (exact) mass is 377 g/mol. The molecule has 2 heterocycles. The van der Waals surface area contributed by atoms with E-state index in [9.17, 15) is 0 Å². The SMILES string of the molecule is COc1ccc2cnc(-c3cc(C)c(OCCN4CCCC4)c(C)c3)nc2c1. The highest BCUT2D eigenvalue weighted by molar-refractivity contribution is 5.81. The molecule has 0 amide bonds. The van der Waals surface area contributed by atoms with E-state index in [1.807, 2.05) is 24.4 Å². The van der Waals surface area contributed by atoms with Gasteiger partial charge in [0.25, 0.3) is 0 Å². The summed E-state index contributed by atoms with van der Waals surface area (Å²) in [6, 6.07) is 10.1. The van der Waals surface area contributed by atoms with Crippen LogP contribution in [-0.2, 0) is 0 Å². The molecular formula is C23H27N3O2. The van der Waals surface area contributed by atoms with Gasteiger partial charge in [0.05, 0.1) is 12.6 Å². The molecule has 0 saturated carbocycles. The summed E-state index contributed by atoms with van der Waals surface area (Å²) in [6.45, 7) is 8.30. The molecule has 0 spiro atoms. The van der Waals surface area contributed by atoms with Crippen molar-refractivity contribution in [1.82, 2.24) is 14.9 Å². The first-order chi connectivity index (χ1) is 13.6. The van der Waals surface area contributed by atoms with Crippen LogP contribution in [0.4, 0.5) is 0 Å². The molecule has 5 heteroatoms. The van der Waals surface area contributed by atoms with Crippen molar-refractivity contribution in [2.75, 3.05) is 33.4 Å². The van der Waals surface area contributed by atoms with Crippen LogP contribution in [0.25, 0.3) is 22.3 Å². The molecule has 0 radical (unpaired) electrons. The number of methoxy groups -OCH3 is 1. The van der Waals surface area contributed by atoms with E-state index in [1.54, 1.807) is 7.11 Å². The quantitative estimate of drug-likeness (QED) is 0.637. The van der Waals surface area contributed by atoms with Gasteiger partial charge in [0, 0.05) is 29.8 Å². The summed E-state index contributed by atoms with van der Waals surface area (Å²) in [5, 5.41) is 1.000. The van der Waals surface area contributed by atoms with Gasteiger partial charge in [-0.3, -0.25) is 4.90 Å². The second-order valence-electron chi connectivity index (χ2n) is 7.45. The highest BCUT2D eigenvalue weighted by Crippen LogP contribution is 2.30. The summed E-state index contributed by atoms with van der Waals surface area (Å²) in [5.74, 6) is 2.49. The molecule has 3 aromatic rings. The number of nitrogens with zero attached hydrogens (tertiary/aromatic N) is 3. The van der Waals surface area contributed by atoms with E-state index in [-0.39, 0.29) is 0 Å². The molecule has 28 heavy (non-hydrogen) atoms. The molecule has 4 rings (SSSR count). The van der Waals surface area contributed by atoms with Gasteiger partial charge in [-0.1, -0.05) is 0 Å². The van der Waals surface area contributed by atoms with Gasteiger partial charge in [0.1, 0.15) is 18.1 Å². The fourth-order valence-electron chi connectivity index (χ4n) is 3.86. The van der Waals surface area contributed by atoms with Crippen LogP contribution >= 0.6 is 0 Å². The minimum Gasteiger partial charge on any atom is -0.497 e. The van der Waals surface area contributed by atoms with E-state index in [1.165, 1.54) is 25.9 Å². The number of likely N-dealkylation sites (tertiary alicyclic amines) is 1. The molecule has 0 atom stereocenters. The zero-order chi connectivity index (χ0) is 19.5.